The second-order valence-electron chi connectivity index (χ2n) is 3.97. The molecule has 0 fully saturated rings. The SMILES string of the molecule is C=c1cccc2c1c(O)c1nc3nnnn3nc12. The minimum absolute atomic E-state index is 0.0728. The van der Waals surface area contributed by atoms with E-state index in [1.165, 1.54) is 4.63 Å². The van der Waals surface area contributed by atoms with Crippen LogP contribution in [0.5, 0.6) is 5.75 Å². The van der Waals surface area contributed by atoms with Crippen LogP contribution in [0.25, 0.3) is 34.2 Å². The zero-order valence-electron chi connectivity index (χ0n) is 9.07. The van der Waals surface area contributed by atoms with Crippen molar-refractivity contribution in [1.29, 1.82) is 0 Å². The van der Waals surface area contributed by atoms with E-state index in [1.54, 1.807) is 0 Å². The predicted octanol–water partition coefficient (Wildman–Crippen LogP) is 0.0555. The normalized spacial score (nSPS) is 11.8. The quantitative estimate of drug-likeness (QED) is 0.466. The Morgan fingerprint density at radius 1 is 1.22 bits per heavy atom. The Morgan fingerprint density at radius 3 is 3.00 bits per heavy atom. The monoisotopic (exact) mass is 238 g/mol. The second-order valence-corrected chi connectivity index (χ2v) is 3.97. The molecule has 0 unspecified atom stereocenters. The van der Waals surface area contributed by atoms with Gasteiger partial charge in [-0.2, -0.15) is 0 Å². The molecule has 0 radical (unpaired) electrons. The molecular weight excluding hydrogens is 232 g/mol. The van der Waals surface area contributed by atoms with Gasteiger partial charge in [-0.05, 0) is 15.6 Å². The Balaban J connectivity index is 2.39. The molecule has 7 heteroatoms. The molecule has 0 aliphatic rings. The first-order valence-corrected chi connectivity index (χ1v) is 5.24. The van der Waals surface area contributed by atoms with E-state index in [0.717, 1.165) is 10.6 Å². The van der Waals surface area contributed by atoms with Crippen molar-refractivity contribution in [2.75, 3.05) is 0 Å². The van der Waals surface area contributed by atoms with Crippen LogP contribution in [-0.4, -0.2) is 35.3 Å². The fraction of sp³-hybridized carbons (Fsp3) is 0. The number of aromatic hydroxyl groups is 1. The summed E-state index contributed by atoms with van der Waals surface area (Å²) in [5.74, 6) is 0.322. The summed E-state index contributed by atoms with van der Waals surface area (Å²) >= 11 is 0. The largest absolute Gasteiger partial charge is 0.505 e. The van der Waals surface area contributed by atoms with Crippen molar-refractivity contribution in [2.45, 2.75) is 0 Å². The Hall–Kier alpha value is -2.83. The minimum atomic E-state index is 0.0728. The van der Waals surface area contributed by atoms with E-state index in [-0.39, 0.29) is 11.5 Å². The maximum atomic E-state index is 10.2. The van der Waals surface area contributed by atoms with Gasteiger partial charge < -0.3 is 5.11 Å². The van der Waals surface area contributed by atoms with Gasteiger partial charge in [0.15, 0.2) is 5.75 Å². The van der Waals surface area contributed by atoms with Crippen molar-refractivity contribution in [1.82, 2.24) is 30.2 Å². The first-order valence-electron chi connectivity index (χ1n) is 5.24. The topological polar surface area (TPSA) is 89.1 Å². The van der Waals surface area contributed by atoms with E-state index in [9.17, 15) is 5.11 Å². The van der Waals surface area contributed by atoms with Crippen LogP contribution in [0.2, 0.25) is 0 Å². The van der Waals surface area contributed by atoms with Crippen molar-refractivity contribution in [3.63, 3.8) is 0 Å². The van der Waals surface area contributed by atoms with Crippen LogP contribution < -0.4 is 5.22 Å². The first kappa shape index (κ1) is 9.23. The van der Waals surface area contributed by atoms with Gasteiger partial charge in [-0.25, -0.2) is 4.98 Å². The van der Waals surface area contributed by atoms with Gasteiger partial charge in [0.25, 0.3) is 5.78 Å². The smallest absolute Gasteiger partial charge is 0.292 e. The second kappa shape index (κ2) is 2.89. The third-order valence-corrected chi connectivity index (χ3v) is 2.94. The number of tetrazole rings is 1. The number of aromatic nitrogens is 6. The zero-order chi connectivity index (χ0) is 12.3. The molecule has 2 heterocycles. The van der Waals surface area contributed by atoms with Crippen LogP contribution >= 0.6 is 0 Å². The van der Waals surface area contributed by atoms with Crippen LogP contribution in [0.4, 0.5) is 0 Å². The number of hydrogen-bond donors (Lipinski definition) is 1. The number of rotatable bonds is 0. The molecule has 0 bridgehead atoms. The Labute approximate surface area is 99.3 Å². The lowest BCUT2D eigenvalue weighted by Gasteiger charge is -1.90. The molecule has 7 nitrogen and oxygen atoms in total. The lowest BCUT2D eigenvalue weighted by Crippen LogP contribution is -1.96. The molecule has 4 rings (SSSR count). The summed E-state index contributed by atoms with van der Waals surface area (Å²) in [6.45, 7) is 3.90. The van der Waals surface area contributed by atoms with Gasteiger partial charge >= 0.3 is 0 Å². The van der Waals surface area contributed by atoms with Crippen LogP contribution in [-0.2, 0) is 0 Å². The van der Waals surface area contributed by atoms with Crippen LogP contribution in [0.3, 0.4) is 0 Å². The highest BCUT2D eigenvalue weighted by Crippen LogP contribution is 2.33. The molecule has 2 aromatic heterocycles. The van der Waals surface area contributed by atoms with E-state index in [0.29, 0.717) is 16.4 Å². The Morgan fingerprint density at radius 2 is 2.11 bits per heavy atom. The van der Waals surface area contributed by atoms with Crippen molar-refractivity contribution < 1.29 is 5.11 Å². The van der Waals surface area contributed by atoms with Gasteiger partial charge in [-0.1, -0.05) is 34.5 Å². The maximum absolute atomic E-state index is 10.2. The minimum Gasteiger partial charge on any atom is -0.505 e. The molecule has 0 aliphatic carbocycles. The summed E-state index contributed by atoms with van der Waals surface area (Å²) in [4.78, 5) is 4.20. The Bertz CT molecular complexity index is 960. The van der Waals surface area contributed by atoms with E-state index in [4.69, 9.17) is 0 Å². The zero-order valence-corrected chi connectivity index (χ0v) is 9.07. The molecule has 0 aliphatic heterocycles. The maximum Gasteiger partial charge on any atom is 0.292 e. The highest BCUT2D eigenvalue weighted by molar-refractivity contribution is 6.14. The van der Waals surface area contributed by atoms with Crippen molar-refractivity contribution >= 4 is 34.2 Å². The van der Waals surface area contributed by atoms with Crippen molar-refractivity contribution in [3.8, 4) is 5.75 Å². The molecule has 86 valence electrons. The molecule has 0 saturated carbocycles. The average Bonchev–Trinajstić information content (AvgIpc) is 2.92. The summed E-state index contributed by atoms with van der Waals surface area (Å²) in [6.07, 6.45) is 0. The van der Waals surface area contributed by atoms with E-state index >= 15 is 0 Å². The van der Waals surface area contributed by atoms with Crippen LogP contribution in [0.15, 0.2) is 18.2 Å². The fourth-order valence-electron chi connectivity index (χ4n) is 2.15. The van der Waals surface area contributed by atoms with Gasteiger partial charge in [-0.15, -0.1) is 5.10 Å². The van der Waals surface area contributed by atoms with Crippen molar-refractivity contribution in [2.24, 2.45) is 0 Å². The summed E-state index contributed by atoms with van der Waals surface area (Å²) in [6, 6.07) is 5.54. The van der Waals surface area contributed by atoms with E-state index in [1.807, 2.05) is 18.2 Å². The van der Waals surface area contributed by atoms with Gasteiger partial charge in [-0.3, -0.25) is 0 Å². The lowest BCUT2D eigenvalue weighted by atomic mass is 10.2. The van der Waals surface area contributed by atoms with Crippen LogP contribution in [0.1, 0.15) is 0 Å². The van der Waals surface area contributed by atoms with Gasteiger partial charge in [0, 0.05) is 10.8 Å². The fourth-order valence-corrected chi connectivity index (χ4v) is 2.15. The first-order chi connectivity index (χ1) is 8.75. The highest BCUT2D eigenvalue weighted by Gasteiger charge is 2.16. The summed E-state index contributed by atoms with van der Waals surface area (Å²) in [5.41, 5.74) is 0.955. The third-order valence-electron chi connectivity index (χ3n) is 2.94. The molecular formula is C11H6N6O. The summed E-state index contributed by atoms with van der Waals surface area (Å²) < 4.78 is 1.23. The highest BCUT2D eigenvalue weighted by atomic mass is 16.3. The van der Waals surface area contributed by atoms with Gasteiger partial charge in [0.05, 0.1) is 0 Å². The molecule has 4 aromatic rings. The number of hydrogen-bond acceptors (Lipinski definition) is 6. The van der Waals surface area contributed by atoms with Crippen molar-refractivity contribution in [3.05, 3.63) is 23.4 Å². The molecule has 0 spiro atoms. The molecule has 2 aromatic carbocycles. The third kappa shape index (κ3) is 0.956. The van der Waals surface area contributed by atoms with E-state index < -0.39 is 0 Å². The van der Waals surface area contributed by atoms with Gasteiger partial charge in [0.1, 0.15) is 11.0 Å². The predicted molar refractivity (Wildman–Crippen MR) is 63.8 cm³/mol. The molecule has 1 N–H and O–H groups in total. The molecule has 0 atom stereocenters. The number of benzene rings is 1. The summed E-state index contributed by atoms with van der Waals surface area (Å²) in [5, 5.41) is 27.5. The summed E-state index contributed by atoms with van der Waals surface area (Å²) in [7, 11) is 0. The number of fused-ring (bicyclic) bond motifs is 4. The number of nitrogens with zero attached hydrogens (tertiary/aromatic N) is 6. The molecule has 0 amide bonds. The Kier molecular flexibility index (Phi) is 1.48. The van der Waals surface area contributed by atoms with Gasteiger partial charge in [0.2, 0.25) is 0 Å². The van der Waals surface area contributed by atoms with E-state index in [2.05, 4.69) is 32.2 Å². The average molecular weight is 238 g/mol. The molecule has 18 heavy (non-hydrogen) atoms. The lowest BCUT2D eigenvalue weighted by molar-refractivity contribution is 0.487. The van der Waals surface area contributed by atoms with Crippen LogP contribution in [0, 0.1) is 0 Å². The standard InChI is InChI=1S/C11H6N6O/c1-5-3-2-4-6-7(5)10(18)9-8(6)14-17-11(12-9)13-15-16-17/h2-4,18H,1H2. The molecule has 0 saturated heterocycles.